The lowest BCUT2D eigenvalue weighted by atomic mass is 9.96. The van der Waals surface area contributed by atoms with Crippen LogP contribution in [0.1, 0.15) is 49.4 Å². The Bertz CT molecular complexity index is 378. The van der Waals surface area contributed by atoms with Gasteiger partial charge in [0.15, 0.2) is 0 Å². The maximum Gasteiger partial charge on any atom is 0.0548 e. The fourth-order valence-electron chi connectivity index (χ4n) is 2.52. The number of aromatic nitrogens is 1. The van der Waals surface area contributed by atoms with E-state index in [0.717, 1.165) is 5.69 Å². The van der Waals surface area contributed by atoms with Gasteiger partial charge in [-0.05, 0) is 51.3 Å². The molecule has 1 heterocycles. The molecule has 17 heavy (non-hydrogen) atoms. The summed E-state index contributed by atoms with van der Waals surface area (Å²) in [6.07, 6.45) is 10.9. The van der Waals surface area contributed by atoms with Gasteiger partial charge in [0.1, 0.15) is 0 Å². The monoisotopic (exact) mass is 230 g/mol. The summed E-state index contributed by atoms with van der Waals surface area (Å²) >= 11 is 0. The fourth-order valence-corrected chi connectivity index (χ4v) is 2.52. The van der Waals surface area contributed by atoms with Crippen molar-refractivity contribution in [2.24, 2.45) is 0 Å². The van der Waals surface area contributed by atoms with E-state index in [1.807, 2.05) is 20.2 Å². The molecule has 1 aliphatic carbocycles. The average molecular weight is 230 g/mol. The van der Waals surface area contributed by atoms with E-state index in [-0.39, 0.29) is 0 Å². The van der Waals surface area contributed by atoms with E-state index in [2.05, 4.69) is 28.5 Å². The second-order valence-electron chi connectivity index (χ2n) is 4.83. The van der Waals surface area contributed by atoms with Gasteiger partial charge in [0.25, 0.3) is 0 Å². The van der Waals surface area contributed by atoms with Crippen molar-refractivity contribution in [1.29, 1.82) is 0 Å². The largest absolute Gasteiger partial charge is 0.310 e. The van der Waals surface area contributed by atoms with Crippen molar-refractivity contribution >= 4 is 0 Å². The summed E-state index contributed by atoms with van der Waals surface area (Å²) in [7, 11) is 2.04. The van der Waals surface area contributed by atoms with Crippen LogP contribution < -0.4 is 5.32 Å². The Morgan fingerprint density at radius 1 is 1.24 bits per heavy atom. The first-order chi connectivity index (χ1) is 8.31. The van der Waals surface area contributed by atoms with E-state index in [0.29, 0.717) is 6.04 Å². The predicted molar refractivity (Wildman–Crippen MR) is 71.9 cm³/mol. The van der Waals surface area contributed by atoms with Gasteiger partial charge >= 0.3 is 0 Å². The van der Waals surface area contributed by atoms with Crippen molar-refractivity contribution < 1.29 is 0 Å². The molecular formula is C15H22N2. The molecule has 0 fully saturated rings. The highest BCUT2D eigenvalue weighted by atomic mass is 14.9. The molecule has 2 heteroatoms. The molecular weight excluding hydrogens is 208 g/mol. The molecule has 1 aromatic heterocycles. The van der Waals surface area contributed by atoms with Crippen molar-refractivity contribution in [3.8, 4) is 0 Å². The van der Waals surface area contributed by atoms with Gasteiger partial charge in [0.05, 0.1) is 6.04 Å². The van der Waals surface area contributed by atoms with E-state index >= 15 is 0 Å². The van der Waals surface area contributed by atoms with E-state index in [1.165, 1.54) is 43.2 Å². The zero-order valence-electron chi connectivity index (χ0n) is 10.9. The quantitative estimate of drug-likeness (QED) is 0.803. The third-order valence-corrected chi connectivity index (χ3v) is 3.50. The summed E-state index contributed by atoms with van der Waals surface area (Å²) in [5.74, 6) is 0. The topological polar surface area (TPSA) is 24.9 Å². The van der Waals surface area contributed by atoms with Crippen LogP contribution in [0, 0.1) is 6.92 Å². The number of hydrogen-bond acceptors (Lipinski definition) is 2. The second-order valence-corrected chi connectivity index (χ2v) is 4.83. The predicted octanol–water partition coefficient (Wildman–Crippen LogP) is 3.54. The first-order valence-electron chi connectivity index (χ1n) is 6.60. The van der Waals surface area contributed by atoms with E-state index in [1.54, 1.807) is 0 Å². The van der Waals surface area contributed by atoms with E-state index in [4.69, 9.17) is 0 Å². The van der Waals surface area contributed by atoms with Crippen LogP contribution in [0.25, 0.3) is 0 Å². The van der Waals surface area contributed by atoms with Crippen molar-refractivity contribution in [3.05, 3.63) is 41.2 Å². The smallest absolute Gasteiger partial charge is 0.0548 e. The number of aryl methyl sites for hydroxylation is 1. The highest BCUT2D eigenvalue weighted by Crippen LogP contribution is 2.28. The minimum Gasteiger partial charge on any atom is -0.310 e. The molecule has 0 spiro atoms. The summed E-state index contributed by atoms with van der Waals surface area (Å²) in [5.41, 5.74) is 3.90. The van der Waals surface area contributed by atoms with Crippen LogP contribution in [0.15, 0.2) is 30.0 Å². The average Bonchev–Trinajstić information content (AvgIpc) is 2.62. The third kappa shape index (κ3) is 3.16. The number of allylic oxidation sites excluding steroid dienone is 1. The molecule has 2 nitrogen and oxygen atoms in total. The lowest BCUT2D eigenvalue weighted by molar-refractivity contribution is 0.626. The molecule has 0 aromatic carbocycles. The van der Waals surface area contributed by atoms with Gasteiger partial charge in [-0.3, -0.25) is 4.98 Å². The Hall–Kier alpha value is -1.15. The summed E-state index contributed by atoms with van der Waals surface area (Å²) < 4.78 is 0. The van der Waals surface area contributed by atoms with Gasteiger partial charge in [0.2, 0.25) is 0 Å². The highest BCUT2D eigenvalue weighted by Gasteiger charge is 2.15. The molecule has 1 unspecified atom stereocenters. The van der Waals surface area contributed by atoms with Crippen LogP contribution in [0.4, 0.5) is 0 Å². The van der Waals surface area contributed by atoms with Crippen LogP contribution >= 0.6 is 0 Å². The number of hydrogen-bond donors (Lipinski definition) is 1. The normalized spacial score (nSPS) is 18.4. The van der Waals surface area contributed by atoms with Gasteiger partial charge in [0, 0.05) is 11.9 Å². The summed E-state index contributed by atoms with van der Waals surface area (Å²) in [6, 6.07) is 4.63. The Morgan fingerprint density at radius 2 is 2.12 bits per heavy atom. The standard InChI is InChI=1S/C15H22N2/c1-12-9-10-14(11-17-12)15(16-2)13-7-5-3-4-6-8-13/h7,9-11,15-16H,3-6,8H2,1-2H3. The van der Waals surface area contributed by atoms with E-state index in [9.17, 15) is 0 Å². The molecule has 1 aromatic rings. The molecule has 1 N–H and O–H groups in total. The van der Waals surface area contributed by atoms with Gasteiger partial charge in [-0.2, -0.15) is 0 Å². The summed E-state index contributed by atoms with van der Waals surface area (Å²) in [4.78, 5) is 4.40. The third-order valence-electron chi connectivity index (χ3n) is 3.50. The number of nitrogens with zero attached hydrogens (tertiary/aromatic N) is 1. The van der Waals surface area contributed by atoms with Gasteiger partial charge < -0.3 is 5.32 Å². The van der Waals surface area contributed by atoms with Crippen molar-refractivity contribution in [3.63, 3.8) is 0 Å². The minimum absolute atomic E-state index is 0.348. The molecule has 0 bridgehead atoms. The SMILES string of the molecule is CNC(C1=CCCCCC1)c1ccc(C)nc1. The first kappa shape index (κ1) is 12.3. The highest BCUT2D eigenvalue weighted by molar-refractivity contribution is 5.27. The summed E-state index contributed by atoms with van der Waals surface area (Å²) in [6.45, 7) is 2.03. The minimum atomic E-state index is 0.348. The number of rotatable bonds is 3. The molecule has 0 saturated carbocycles. The zero-order valence-corrected chi connectivity index (χ0v) is 10.9. The molecule has 0 aliphatic heterocycles. The van der Waals surface area contributed by atoms with Gasteiger partial charge in [-0.15, -0.1) is 0 Å². The Labute approximate surface area is 104 Å². The maximum atomic E-state index is 4.40. The van der Waals surface area contributed by atoms with Crippen LogP contribution in [-0.2, 0) is 0 Å². The molecule has 0 amide bonds. The van der Waals surface area contributed by atoms with Crippen molar-refractivity contribution in [2.45, 2.75) is 45.1 Å². The fraction of sp³-hybridized carbons (Fsp3) is 0.533. The van der Waals surface area contributed by atoms with Crippen LogP contribution in [0.5, 0.6) is 0 Å². The molecule has 0 saturated heterocycles. The maximum absolute atomic E-state index is 4.40. The number of nitrogens with one attached hydrogen (secondary N) is 1. The molecule has 0 radical (unpaired) electrons. The molecule has 2 rings (SSSR count). The van der Waals surface area contributed by atoms with Crippen LogP contribution in [0.3, 0.4) is 0 Å². The van der Waals surface area contributed by atoms with Crippen molar-refractivity contribution in [1.82, 2.24) is 10.3 Å². The Balaban J connectivity index is 2.20. The van der Waals surface area contributed by atoms with Crippen LogP contribution in [-0.4, -0.2) is 12.0 Å². The lowest BCUT2D eigenvalue weighted by Gasteiger charge is -2.20. The number of pyridine rings is 1. The van der Waals surface area contributed by atoms with Crippen LogP contribution in [0.2, 0.25) is 0 Å². The lowest BCUT2D eigenvalue weighted by Crippen LogP contribution is -2.19. The van der Waals surface area contributed by atoms with Crippen molar-refractivity contribution in [2.75, 3.05) is 7.05 Å². The molecule has 1 atom stereocenters. The number of likely N-dealkylation sites (N-methyl/N-ethyl adjacent to an activating group) is 1. The first-order valence-corrected chi connectivity index (χ1v) is 6.60. The van der Waals surface area contributed by atoms with Gasteiger partial charge in [-0.1, -0.05) is 24.1 Å². The molecule has 92 valence electrons. The summed E-state index contributed by atoms with van der Waals surface area (Å²) in [5, 5.41) is 3.43. The second kappa shape index (κ2) is 5.97. The Kier molecular flexibility index (Phi) is 4.32. The Morgan fingerprint density at radius 3 is 2.82 bits per heavy atom. The zero-order chi connectivity index (χ0) is 12.1. The van der Waals surface area contributed by atoms with E-state index < -0.39 is 0 Å². The van der Waals surface area contributed by atoms with Gasteiger partial charge in [-0.25, -0.2) is 0 Å². The molecule has 1 aliphatic rings.